The van der Waals surface area contributed by atoms with Gasteiger partial charge in [-0.3, -0.25) is 4.79 Å². The first-order chi connectivity index (χ1) is 9.01. The summed E-state index contributed by atoms with van der Waals surface area (Å²) < 4.78 is 5.64. The molecule has 0 aliphatic heterocycles. The van der Waals surface area contributed by atoms with Gasteiger partial charge in [0.2, 0.25) is 5.78 Å². The highest BCUT2D eigenvalue weighted by Gasteiger charge is 2.23. The zero-order chi connectivity index (χ0) is 14.0. The summed E-state index contributed by atoms with van der Waals surface area (Å²) in [5.74, 6) is 0.743. The van der Waals surface area contributed by atoms with Gasteiger partial charge in [-0.1, -0.05) is 25.5 Å². The molecule has 1 unspecified atom stereocenters. The van der Waals surface area contributed by atoms with Crippen molar-refractivity contribution >= 4 is 16.8 Å². The van der Waals surface area contributed by atoms with E-state index in [4.69, 9.17) is 10.2 Å². The van der Waals surface area contributed by atoms with Gasteiger partial charge < -0.3 is 10.2 Å². The maximum absolute atomic E-state index is 12.4. The molecule has 1 aromatic carbocycles. The van der Waals surface area contributed by atoms with Crippen LogP contribution in [0.25, 0.3) is 11.0 Å². The monoisotopic (exact) mass is 259 g/mol. The van der Waals surface area contributed by atoms with Gasteiger partial charge in [-0.2, -0.15) is 0 Å². The van der Waals surface area contributed by atoms with E-state index in [1.165, 1.54) is 0 Å². The largest absolute Gasteiger partial charge is 0.453 e. The molecule has 3 heteroatoms. The topological polar surface area (TPSA) is 56.2 Å². The molecule has 0 spiro atoms. The van der Waals surface area contributed by atoms with Gasteiger partial charge in [0.05, 0.1) is 0 Å². The summed E-state index contributed by atoms with van der Waals surface area (Å²) in [6.45, 7) is 6.58. The van der Waals surface area contributed by atoms with Crippen molar-refractivity contribution < 1.29 is 9.21 Å². The second-order valence-corrected chi connectivity index (χ2v) is 5.58. The maximum Gasteiger partial charge on any atom is 0.202 e. The number of hydrogen-bond donors (Lipinski definition) is 1. The van der Waals surface area contributed by atoms with Crippen LogP contribution < -0.4 is 5.73 Å². The lowest BCUT2D eigenvalue weighted by atomic mass is 9.92. The lowest BCUT2D eigenvalue weighted by Gasteiger charge is -2.14. The SMILES string of the molecule is Cc1ccc2oc(C(=O)C(CN)CC(C)C)cc2c1. The molecule has 2 N–H and O–H groups in total. The molecule has 102 valence electrons. The van der Waals surface area contributed by atoms with Crippen molar-refractivity contribution in [1.29, 1.82) is 0 Å². The average Bonchev–Trinajstić information content (AvgIpc) is 2.77. The van der Waals surface area contributed by atoms with Crippen molar-refractivity contribution in [3.63, 3.8) is 0 Å². The van der Waals surface area contributed by atoms with Crippen molar-refractivity contribution in [3.05, 3.63) is 35.6 Å². The Bertz CT molecular complexity index is 583. The van der Waals surface area contributed by atoms with E-state index in [1.807, 2.05) is 31.2 Å². The first-order valence-corrected chi connectivity index (χ1v) is 6.75. The predicted molar refractivity (Wildman–Crippen MR) is 77.3 cm³/mol. The summed E-state index contributed by atoms with van der Waals surface area (Å²) in [6.07, 6.45) is 0.797. The Labute approximate surface area is 113 Å². The van der Waals surface area contributed by atoms with E-state index >= 15 is 0 Å². The molecule has 1 aromatic heterocycles. The molecular weight excluding hydrogens is 238 g/mol. The third-order valence-corrected chi connectivity index (χ3v) is 3.33. The molecule has 0 bridgehead atoms. The number of rotatable bonds is 5. The van der Waals surface area contributed by atoms with Crippen molar-refractivity contribution in [1.82, 2.24) is 0 Å². The van der Waals surface area contributed by atoms with Gasteiger partial charge in [0, 0.05) is 17.8 Å². The molecule has 0 aliphatic rings. The number of fused-ring (bicyclic) bond motifs is 1. The van der Waals surface area contributed by atoms with E-state index in [0.29, 0.717) is 18.2 Å². The summed E-state index contributed by atoms with van der Waals surface area (Å²) in [4.78, 5) is 12.4. The van der Waals surface area contributed by atoms with Gasteiger partial charge in [0.1, 0.15) is 5.58 Å². The Hall–Kier alpha value is -1.61. The summed E-state index contributed by atoms with van der Waals surface area (Å²) in [6, 6.07) is 7.74. The summed E-state index contributed by atoms with van der Waals surface area (Å²) in [5.41, 5.74) is 7.63. The lowest BCUT2D eigenvalue weighted by molar-refractivity contribution is 0.0882. The molecule has 2 aromatic rings. The van der Waals surface area contributed by atoms with Gasteiger partial charge in [-0.25, -0.2) is 0 Å². The second-order valence-electron chi connectivity index (χ2n) is 5.58. The standard InChI is InChI=1S/C16H21NO2/c1-10(2)6-13(9-17)16(18)15-8-12-7-11(3)4-5-14(12)19-15/h4-5,7-8,10,13H,6,9,17H2,1-3H3. The van der Waals surface area contributed by atoms with Crippen molar-refractivity contribution in [2.75, 3.05) is 6.54 Å². The number of carbonyl (C=O) groups is 1. The second kappa shape index (κ2) is 5.57. The molecule has 0 fully saturated rings. The molecule has 19 heavy (non-hydrogen) atoms. The zero-order valence-electron chi connectivity index (χ0n) is 11.8. The van der Waals surface area contributed by atoms with Crippen LogP contribution in [0.5, 0.6) is 0 Å². The number of aryl methyl sites for hydroxylation is 1. The Morgan fingerprint density at radius 1 is 1.32 bits per heavy atom. The van der Waals surface area contributed by atoms with Crippen LogP contribution in [0, 0.1) is 18.8 Å². The van der Waals surface area contributed by atoms with Gasteiger partial charge in [0.15, 0.2) is 5.76 Å². The fourth-order valence-electron chi connectivity index (χ4n) is 2.36. The van der Waals surface area contributed by atoms with Crippen molar-refractivity contribution in [3.8, 4) is 0 Å². The number of nitrogens with two attached hydrogens (primary N) is 1. The van der Waals surface area contributed by atoms with Crippen molar-refractivity contribution in [2.45, 2.75) is 27.2 Å². The molecule has 1 heterocycles. The third kappa shape index (κ3) is 3.04. The molecule has 3 nitrogen and oxygen atoms in total. The first-order valence-electron chi connectivity index (χ1n) is 6.75. The molecule has 2 rings (SSSR count). The smallest absolute Gasteiger partial charge is 0.202 e. The highest BCUT2D eigenvalue weighted by molar-refractivity contribution is 5.99. The Morgan fingerprint density at radius 2 is 2.05 bits per heavy atom. The van der Waals surface area contributed by atoms with Crippen LogP contribution in [0.3, 0.4) is 0 Å². The quantitative estimate of drug-likeness (QED) is 0.835. The molecule has 0 saturated heterocycles. The summed E-state index contributed by atoms with van der Waals surface area (Å²) in [5, 5.41) is 0.976. The number of ketones is 1. The van der Waals surface area contributed by atoms with Crippen LogP contribution in [0.1, 0.15) is 36.4 Å². The van der Waals surface area contributed by atoms with E-state index in [-0.39, 0.29) is 11.7 Å². The van der Waals surface area contributed by atoms with Crippen LogP contribution in [0.15, 0.2) is 28.7 Å². The van der Waals surface area contributed by atoms with Crippen LogP contribution in [-0.4, -0.2) is 12.3 Å². The highest BCUT2D eigenvalue weighted by atomic mass is 16.3. The highest BCUT2D eigenvalue weighted by Crippen LogP contribution is 2.24. The Morgan fingerprint density at radius 3 is 2.68 bits per heavy atom. The predicted octanol–water partition coefficient (Wildman–Crippen LogP) is 3.54. The molecule has 0 radical (unpaired) electrons. The van der Waals surface area contributed by atoms with Crippen LogP contribution in [-0.2, 0) is 0 Å². The fourth-order valence-corrected chi connectivity index (χ4v) is 2.36. The zero-order valence-corrected chi connectivity index (χ0v) is 11.8. The van der Waals surface area contributed by atoms with Gasteiger partial charge in [0.25, 0.3) is 0 Å². The third-order valence-electron chi connectivity index (χ3n) is 3.33. The number of carbonyl (C=O) groups excluding carboxylic acids is 1. The van der Waals surface area contributed by atoms with E-state index < -0.39 is 0 Å². The van der Waals surface area contributed by atoms with E-state index in [2.05, 4.69) is 13.8 Å². The maximum atomic E-state index is 12.4. The lowest BCUT2D eigenvalue weighted by Crippen LogP contribution is -2.25. The fraction of sp³-hybridized carbons (Fsp3) is 0.438. The minimum atomic E-state index is -0.151. The molecule has 1 atom stereocenters. The van der Waals surface area contributed by atoms with Crippen LogP contribution >= 0.6 is 0 Å². The van der Waals surface area contributed by atoms with Crippen molar-refractivity contribution in [2.24, 2.45) is 17.6 Å². The number of furan rings is 1. The normalized spacial score (nSPS) is 13.1. The Kier molecular flexibility index (Phi) is 4.05. The van der Waals surface area contributed by atoms with Gasteiger partial charge in [-0.05, 0) is 37.5 Å². The van der Waals surface area contributed by atoms with E-state index in [1.54, 1.807) is 0 Å². The minimum absolute atomic E-state index is 0.0186. The molecule has 0 saturated carbocycles. The van der Waals surface area contributed by atoms with Gasteiger partial charge in [-0.15, -0.1) is 0 Å². The van der Waals surface area contributed by atoms with Crippen LogP contribution in [0.4, 0.5) is 0 Å². The average molecular weight is 259 g/mol. The summed E-state index contributed by atoms with van der Waals surface area (Å²) >= 11 is 0. The molecule has 0 aliphatic carbocycles. The summed E-state index contributed by atoms with van der Waals surface area (Å²) in [7, 11) is 0. The molecule has 0 amide bonds. The number of hydrogen-bond acceptors (Lipinski definition) is 3. The number of Topliss-reactive ketones (excluding diaryl/α,β-unsaturated/α-hetero) is 1. The molecular formula is C16H21NO2. The van der Waals surface area contributed by atoms with E-state index in [9.17, 15) is 4.79 Å². The van der Waals surface area contributed by atoms with Crippen LogP contribution in [0.2, 0.25) is 0 Å². The van der Waals surface area contributed by atoms with Gasteiger partial charge >= 0.3 is 0 Å². The Balaban J connectivity index is 2.29. The van der Waals surface area contributed by atoms with E-state index in [0.717, 1.165) is 23.0 Å². The first kappa shape index (κ1) is 13.8. The number of benzene rings is 1. The minimum Gasteiger partial charge on any atom is -0.453 e.